The normalized spacial score (nSPS) is 12.7. The quantitative estimate of drug-likeness (QED) is 0.898. The van der Waals surface area contributed by atoms with Gasteiger partial charge in [0.15, 0.2) is 0 Å². The Labute approximate surface area is 107 Å². The molecule has 0 bridgehead atoms. The molecule has 0 fully saturated rings. The maximum absolute atomic E-state index is 4.57. The lowest BCUT2D eigenvalue weighted by molar-refractivity contribution is 0.684. The summed E-state index contributed by atoms with van der Waals surface area (Å²) in [5.41, 5.74) is 5.04. The Morgan fingerprint density at radius 3 is 2.47 bits per heavy atom. The number of nitrogens with zero attached hydrogens (tertiary/aromatic N) is 1. The lowest BCUT2D eigenvalue weighted by Gasteiger charge is -2.15. The largest absolute Gasteiger partial charge is 0.307 e. The summed E-state index contributed by atoms with van der Waals surface area (Å²) >= 11 is 1.71. The summed E-state index contributed by atoms with van der Waals surface area (Å²) in [5, 5.41) is 6.57. The average molecular weight is 246 g/mol. The van der Waals surface area contributed by atoms with E-state index < -0.39 is 0 Å². The van der Waals surface area contributed by atoms with Crippen molar-refractivity contribution in [2.24, 2.45) is 0 Å². The van der Waals surface area contributed by atoms with Crippen molar-refractivity contribution in [3.05, 3.63) is 51.0 Å². The zero-order chi connectivity index (χ0) is 12.4. The predicted molar refractivity (Wildman–Crippen MR) is 73.7 cm³/mol. The van der Waals surface area contributed by atoms with Crippen LogP contribution in [0.5, 0.6) is 0 Å². The van der Waals surface area contributed by atoms with Gasteiger partial charge in [0.1, 0.15) is 5.01 Å². The molecule has 17 heavy (non-hydrogen) atoms. The average Bonchev–Trinajstić information content (AvgIpc) is 2.71. The van der Waals surface area contributed by atoms with Crippen molar-refractivity contribution in [2.75, 3.05) is 7.05 Å². The molecule has 2 aromatic rings. The van der Waals surface area contributed by atoms with E-state index in [0.29, 0.717) is 0 Å². The summed E-state index contributed by atoms with van der Waals surface area (Å²) in [7, 11) is 1.98. The fourth-order valence-corrected chi connectivity index (χ4v) is 2.81. The number of rotatable bonds is 3. The van der Waals surface area contributed by atoms with Crippen molar-refractivity contribution in [2.45, 2.75) is 26.8 Å². The maximum Gasteiger partial charge on any atom is 0.114 e. The fraction of sp³-hybridized carbons (Fsp3) is 0.357. The molecule has 2 rings (SSSR count). The molecule has 3 heteroatoms. The van der Waals surface area contributed by atoms with Gasteiger partial charge in [0.05, 0.1) is 6.04 Å². The molecule has 90 valence electrons. The number of aromatic nitrogens is 1. The minimum Gasteiger partial charge on any atom is -0.307 e. The van der Waals surface area contributed by atoms with Crippen LogP contribution in [-0.4, -0.2) is 12.0 Å². The van der Waals surface area contributed by atoms with Crippen LogP contribution in [0.1, 0.15) is 33.4 Å². The Kier molecular flexibility index (Phi) is 3.60. The van der Waals surface area contributed by atoms with Gasteiger partial charge in [-0.15, -0.1) is 11.3 Å². The number of hydrogen-bond acceptors (Lipinski definition) is 3. The molecule has 0 saturated heterocycles. The first-order valence-corrected chi connectivity index (χ1v) is 6.66. The standard InChI is InChI=1S/C14H18N2S/c1-9-5-6-12(7-10(9)2)13(15-4)14-16-11(3)8-17-14/h5-8,13,15H,1-4H3. The molecule has 1 atom stereocenters. The number of hydrogen-bond donors (Lipinski definition) is 1. The molecule has 1 unspecified atom stereocenters. The SMILES string of the molecule is CNC(c1ccc(C)c(C)c1)c1nc(C)cs1. The van der Waals surface area contributed by atoms with Gasteiger partial charge in [-0.1, -0.05) is 18.2 Å². The zero-order valence-corrected chi connectivity index (χ0v) is 11.6. The molecule has 1 N–H and O–H groups in total. The van der Waals surface area contributed by atoms with E-state index in [2.05, 4.69) is 47.7 Å². The molecular weight excluding hydrogens is 228 g/mol. The molecule has 0 radical (unpaired) electrons. The van der Waals surface area contributed by atoms with Gasteiger partial charge in [-0.25, -0.2) is 4.98 Å². The second kappa shape index (κ2) is 4.98. The Bertz CT molecular complexity index is 517. The van der Waals surface area contributed by atoms with Gasteiger partial charge in [-0.3, -0.25) is 0 Å². The minimum absolute atomic E-state index is 0.202. The smallest absolute Gasteiger partial charge is 0.114 e. The van der Waals surface area contributed by atoms with Crippen molar-refractivity contribution in [1.29, 1.82) is 0 Å². The molecule has 0 amide bonds. The predicted octanol–water partition coefficient (Wildman–Crippen LogP) is 3.38. The van der Waals surface area contributed by atoms with E-state index in [4.69, 9.17) is 0 Å². The number of benzene rings is 1. The van der Waals surface area contributed by atoms with Gasteiger partial charge in [0, 0.05) is 11.1 Å². The fourth-order valence-electron chi connectivity index (χ4n) is 1.88. The van der Waals surface area contributed by atoms with E-state index in [-0.39, 0.29) is 6.04 Å². The Hall–Kier alpha value is -1.19. The first-order valence-electron chi connectivity index (χ1n) is 5.78. The van der Waals surface area contributed by atoms with Crippen molar-refractivity contribution in [3.63, 3.8) is 0 Å². The second-order valence-corrected chi connectivity index (χ2v) is 5.28. The molecule has 0 aliphatic rings. The van der Waals surface area contributed by atoms with E-state index in [9.17, 15) is 0 Å². The molecular formula is C14H18N2S. The highest BCUT2D eigenvalue weighted by molar-refractivity contribution is 7.09. The van der Waals surface area contributed by atoms with Crippen LogP contribution >= 0.6 is 11.3 Å². The highest BCUT2D eigenvalue weighted by atomic mass is 32.1. The van der Waals surface area contributed by atoms with Crippen LogP contribution < -0.4 is 5.32 Å². The molecule has 1 aromatic carbocycles. The molecule has 0 saturated carbocycles. The summed E-state index contributed by atoms with van der Waals surface area (Å²) in [4.78, 5) is 4.57. The molecule has 2 nitrogen and oxygen atoms in total. The molecule has 1 aromatic heterocycles. The summed E-state index contributed by atoms with van der Waals surface area (Å²) in [6.07, 6.45) is 0. The van der Waals surface area contributed by atoms with Gasteiger partial charge in [-0.2, -0.15) is 0 Å². The Morgan fingerprint density at radius 2 is 1.94 bits per heavy atom. The zero-order valence-electron chi connectivity index (χ0n) is 10.7. The maximum atomic E-state index is 4.57. The number of aryl methyl sites for hydroxylation is 3. The van der Waals surface area contributed by atoms with Crippen LogP contribution in [0.4, 0.5) is 0 Å². The Balaban J connectivity index is 2.38. The summed E-state index contributed by atoms with van der Waals surface area (Å²) < 4.78 is 0. The van der Waals surface area contributed by atoms with Gasteiger partial charge in [0.25, 0.3) is 0 Å². The summed E-state index contributed by atoms with van der Waals surface area (Å²) in [6, 6.07) is 6.80. The second-order valence-electron chi connectivity index (χ2n) is 4.39. The van der Waals surface area contributed by atoms with E-state index in [1.165, 1.54) is 16.7 Å². The first-order chi connectivity index (χ1) is 8.11. The minimum atomic E-state index is 0.202. The lowest BCUT2D eigenvalue weighted by Crippen LogP contribution is -2.17. The van der Waals surface area contributed by atoms with Crippen LogP contribution in [-0.2, 0) is 0 Å². The van der Waals surface area contributed by atoms with Gasteiger partial charge < -0.3 is 5.32 Å². The van der Waals surface area contributed by atoms with E-state index >= 15 is 0 Å². The summed E-state index contributed by atoms with van der Waals surface area (Å²) in [6.45, 7) is 6.33. The van der Waals surface area contributed by atoms with Crippen molar-refractivity contribution in [3.8, 4) is 0 Å². The van der Waals surface area contributed by atoms with Crippen LogP contribution in [0, 0.1) is 20.8 Å². The molecule has 0 aliphatic carbocycles. The van der Waals surface area contributed by atoms with Gasteiger partial charge in [0.2, 0.25) is 0 Å². The third-order valence-electron chi connectivity index (χ3n) is 3.04. The van der Waals surface area contributed by atoms with E-state index in [1.54, 1.807) is 11.3 Å². The number of nitrogens with one attached hydrogen (secondary N) is 1. The highest BCUT2D eigenvalue weighted by Crippen LogP contribution is 2.26. The monoisotopic (exact) mass is 246 g/mol. The van der Waals surface area contributed by atoms with Crippen LogP contribution in [0.25, 0.3) is 0 Å². The van der Waals surface area contributed by atoms with Crippen molar-refractivity contribution >= 4 is 11.3 Å². The van der Waals surface area contributed by atoms with Crippen LogP contribution in [0.3, 0.4) is 0 Å². The number of thiazole rings is 1. The van der Waals surface area contributed by atoms with E-state index in [1.807, 2.05) is 14.0 Å². The van der Waals surface area contributed by atoms with Crippen molar-refractivity contribution in [1.82, 2.24) is 10.3 Å². The van der Waals surface area contributed by atoms with E-state index in [0.717, 1.165) is 10.7 Å². The first kappa shape index (κ1) is 12.3. The molecule has 0 aliphatic heterocycles. The molecule has 1 heterocycles. The van der Waals surface area contributed by atoms with Crippen LogP contribution in [0.2, 0.25) is 0 Å². The van der Waals surface area contributed by atoms with Crippen molar-refractivity contribution < 1.29 is 0 Å². The topological polar surface area (TPSA) is 24.9 Å². The van der Waals surface area contributed by atoms with Gasteiger partial charge in [-0.05, 0) is 44.5 Å². The van der Waals surface area contributed by atoms with Gasteiger partial charge >= 0.3 is 0 Å². The summed E-state index contributed by atoms with van der Waals surface area (Å²) in [5.74, 6) is 0. The lowest BCUT2D eigenvalue weighted by atomic mass is 10.0. The Morgan fingerprint density at radius 1 is 1.18 bits per heavy atom. The third kappa shape index (κ3) is 2.56. The highest BCUT2D eigenvalue weighted by Gasteiger charge is 2.15. The third-order valence-corrected chi connectivity index (χ3v) is 4.06. The van der Waals surface area contributed by atoms with Crippen LogP contribution in [0.15, 0.2) is 23.6 Å². The molecule has 0 spiro atoms.